The molecule has 0 aliphatic carbocycles. The van der Waals surface area contributed by atoms with E-state index in [9.17, 15) is 0 Å². The summed E-state index contributed by atoms with van der Waals surface area (Å²) in [6.07, 6.45) is 1.71. The standard InChI is InChI=1S/C17H20N2O2/c1-3-12-21-17-14(8-7-11-16(17)20-2)13-18-19-15-9-5-4-6-10-15/h3-11,18-19H,1,12-13H2,2H3. The van der Waals surface area contributed by atoms with Gasteiger partial charge in [0, 0.05) is 17.8 Å². The maximum absolute atomic E-state index is 5.70. The summed E-state index contributed by atoms with van der Waals surface area (Å²) in [4.78, 5) is 0. The molecule has 4 heteroatoms. The zero-order valence-corrected chi connectivity index (χ0v) is 12.1. The molecule has 0 radical (unpaired) electrons. The number of nitrogens with one attached hydrogen (secondary N) is 2. The highest BCUT2D eigenvalue weighted by Gasteiger charge is 2.09. The molecule has 2 aromatic carbocycles. The highest BCUT2D eigenvalue weighted by atomic mass is 16.5. The molecule has 0 aliphatic rings. The lowest BCUT2D eigenvalue weighted by Crippen LogP contribution is -2.21. The van der Waals surface area contributed by atoms with Crippen LogP contribution in [0.5, 0.6) is 11.5 Å². The molecule has 4 nitrogen and oxygen atoms in total. The van der Waals surface area contributed by atoms with Gasteiger partial charge in [0.2, 0.25) is 0 Å². The Morgan fingerprint density at radius 1 is 1.10 bits per heavy atom. The fraction of sp³-hybridized carbons (Fsp3) is 0.176. The van der Waals surface area contributed by atoms with Gasteiger partial charge in [-0.25, -0.2) is 5.43 Å². The Morgan fingerprint density at radius 3 is 2.62 bits per heavy atom. The zero-order chi connectivity index (χ0) is 14.9. The topological polar surface area (TPSA) is 42.5 Å². The average Bonchev–Trinajstić information content (AvgIpc) is 2.54. The van der Waals surface area contributed by atoms with Gasteiger partial charge in [0.1, 0.15) is 6.61 Å². The van der Waals surface area contributed by atoms with E-state index in [1.54, 1.807) is 13.2 Å². The molecule has 2 rings (SSSR count). The molecule has 0 heterocycles. The molecule has 110 valence electrons. The van der Waals surface area contributed by atoms with E-state index in [2.05, 4.69) is 17.4 Å². The minimum absolute atomic E-state index is 0.444. The van der Waals surface area contributed by atoms with Crippen molar-refractivity contribution in [2.45, 2.75) is 6.54 Å². The number of hydrazine groups is 1. The zero-order valence-electron chi connectivity index (χ0n) is 12.1. The first-order valence-corrected chi connectivity index (χ1v) is 6.78. The van der Waals surface area contributed by atoms with E-state index in [-0.39, 0.29) is 0 Å². The van der Waals surface area contributed by atoms with Gasteiger partial charge in [-0.2, -0.15) is 0 Å². The molecule has 0 amide bonds. The third-order valence-electron chi connectivity index (χ3n) is 2.91. The summed E-state index contributed by atoms with van der Waals surface area (Å²) < 4.78 is 11.0. The number of hydrogen-bond acceptors (Lipinski definition) is 4. The first-order valence-electron chi connectivity index (χ1n) is 6.78. The summed E-state index contributed by atoms with van der Waals surface area (Å²) in [5.41, 5.74) is 8.34. The molecule has 0 saturated heterocycles. The van der Waals surface area contributed by atoms with Gasteiger partial charge in [-0.05, 0) is 18.2 Å². The van der Waals surface area contributed by atoms with Gasteiger partial charge >= 0.3 is 0 Å². The number of methoxy groups -OCH3 is 1. The first kappa shape index (κ1) is 14.9. The van der Waals surface area contributed by atoms with Crippen LogP contribution in [0.25, 0.3) is 0 Å². The van der Waals surface area contributed by atoms with E-state index < -0.39 is 0 Å². The number of hydrogen-bond donors (Lipinski definition) is 2. The Labute approximate surface area is 125 Å². The van der Waals surface area contributed by atoms with Crippen molar-refractivity contribution in [3.8, 4) is 11.5 Å². The maximum atomic E-state index is 5.70. The van der Waals surface area contributed by atoms with E-state index in [0.717, 1.165) is 22.7 Å². The molecule has 0 saturated carbocycles. The van der Waals surface area contributed by atoms with Crippen LogP contribution >= 0.6 is 0 Å². The molecule has 0 spiro atoms. The highest BCUT2D eigenvalue weighted by molar-refractivity contribution is 5.47. The lowest BCUT2D eigenvalue weighted by Gasteiger charge is -2.15. The SMILES string of the molecule is C=CCOc1c(CNNc2ccccc2)cccc1OC. The van der Waals surface area contributed by atoms with Crippen molar-refractivity contribution in [2.24, 2.45) is 0 Å². The second kappa shape index (κ2) is 7.97. The average molecular weight is 284 g/mol. The van der Waals surface area contributed by atoms with Gasteiger partial charge in [0.05, 0.1) is 7.11 Å². The number of ether oxygens (including phenoxy) is 2. The monoisotopic (exact) mass is 284 g/mol. The Bertz CT molecular complexity index is 570. The molecule has 2 N–H and O–H groups in total. The second-order valence-corrected chi connectivity index (χ2v) is 4.39. The smallest absolute Gasteiger partial charge is 0.166 e. The Kier molecular flexibility index (Phi) is 5.67. The maximum Gasteiger partial charge on any atom is 0.166 e. The van der Waals surface area contributed by atoms with Crippen LogP contribution in [0.4, 0.5) is 5.69 Å². The molecule has 0 atom stereocenters. The van der Waals surface area contributed by atoms with Crippen LogP contribution in [-0.4, -0.2) is 13.7 Å². The molecule has 0 aromatic heterocycles. The van der Waals surface area contributed by atoms with Crippen LogP contribution in [0, 0.1) is 0 Å². The quantitative estimate of drug-likeness (QED) is 0.576. The molecule has 0 unspecified atom stereocenters. The van der Waals surface area contributed by atoms with E-state index in [1.807, 2.05) is 48.5 Å². The van der Waals surface area contributed by atoms with E-state index in [0.29, 0.717) is 13.2 Å². The predicted molar refractivity (Wildman–Crippen MR) is 85.6 cm³/mol. The molecule has 0 bridgehead atoms. The first-order chi connectivity index (χ1) is 10.3. The van der Waals surface area contributed by atoms with Crippen LogP contribution in [0.15, 0.2) is 61.2 Å². The summed E-state index contributed by atoms with van der Waals surface area (Å²) in [6, 6.07) is 15.8. The van der Waals surface area contributed by atoms with Crippen LogP contribution in [0.3, 0.4) is 0 Å². The third kappa shape index (κ3) is 4.26. The van der Waals surface area contributed by atoms with Gasteiger partial charge in [-0.15, -0.1) is 0 Å². The Hall–Kier alpha value is -2.46. The van der Waals surface area contributed by atoms with E-state index in [4.69, 9.17) is 9.47 Å². The summed E-state index contributed by atoms with van der Waals surface area (Å²) in [6.45, 7) is 4.72. The van der Waals surface area contributed by atoms with Gasteiger partial charge in [0.25, 0.3) is 0 Å². The minimum Gasteiger partial charge on any atom is -0.493 e. The van der Waals surface area contributed by atoms with Crippen LogP contribution in [-0.2, 0) is 6.54 Å². The second-order valence-electron chi connectivity index (χ2n) is 4.39. The number of rotatable bonds is 8. The number of anilines is 1. The van der Waals surface area contributed by atoms with Crippen molar-refractivity contribution in [1.82, 2.24) is 5.43 Å². The molecule has 0 fully saturated rings. The van der Waals surface area contributed by atoms with Crippen molar-refractivity contribution in [2.75, 3.05) is 19.1 Å². The number of benzene rings is 2. The summed E-state index contributed by atoms with van der Waals surface area (Å²) in [7, 11) is 1.63. The molecule has 21 heavy (non-hydrogen) atoms. The van der Waals surface area contributed by atoms with Crippen LogP contribution < -0.4 is 20.3 Å². The summed E-state index contributed by atoms with van der Waals surface area (Å²) >= 11 is 0. The minimum atomic E-state index is 0.444. The fourth-order valence-corrected chi connectivity index (χ4v) is 1.93. The third-order valence-corrected chi connectivity index (χ3v) is 2.91. The van der Waals surface area contributed by atoms with Crippen LogP contribution in [0.2, 0.25) is 0 Å². The molecular weight excluding hydrogens is 264 g/mol. The van der Waals surface area contributed by atoms with Crippen molar-refractivity contribution >= 4 is 5.69 Å². The van der Waals surface area contributed by atoms with E-state index >= 15 is 0 Å². The van der Waals surface area contributed by atoms with Crippen molar-refractivity contribution < 1.29 is 9.47 Å². The lowest BCUT2D eigenvalue weighted by atomic mass is 10.2. The lowest BCUT2D eigenvalue weighted by molar-refractivity contribution is 0.322. The highest BCUT2D eigenvalue weighted by Crippen LogP contribution is 2.31. The largest absolute Gasteiger partial charge is 0.493 e. The van der Waals surface area contributed by atoms with Crippen molar-refractivity contribution in [1.29, 1.82) is 0 Å². The molecule has 2 aromatic rings. The summed E-state index contributed by atoms with van der Waals surface area (Å²) in [5.74, 6) is 1.46. The predicted octanol–water partition coefficient (Wildman–Crippen LogP) is 3.38. The normalized spacial score (nSPS) is 9.95. The number of para-hydroxylation sites is 2. The molecule has 0 aliphatic heterocycles. The Morgan fingerprint density at radius 2 is 1.90 bits per heavy atom. The summed E-state index contributed by atoms with van der Waals surface area (Å²) in [5, 5.41) is 0. The van der Waals surface area contributed by atoms with Crippen molar-refractivity contribution in [3.63, 3.8) is 0 Å². The van der Waals surface area contributed by atoms with Gasteiger partial charge in [-0.1, -0.05) is 43.0 Å². The molecular formula is C17H20N2O2. The van der Waals surface area contributed by atoms with Crippen LogP contribution in [0.1, 0.15) is 5.56 Å². The Balaban J connectivity index is 2.03. The fourth-order valence-electron chi connectivity index (χ4n) is 1.93. The van der Waals surface area contributed by atoms with Crippen molar-refractivity contribution in [3.05, 3.63) is 66.7 Å². The van der Waals surface area contributed by atoms with Gasteiger partial charge in [0.15, 0.2) is 11.5 Å². The van der Waals surface area contributed by atoms with E-state index in [1.165, 1.54) is 0 Å². The van der Waals surface area contributed by atoms with Gasteiger partial charge in [-0.3, -0.25) is 0 Å². The van der Waals surface area contributed by atoms with Gasteiger partial charge < -0.3 is 14.9 Å².